The zero-order valence-corrected chi connectivity index (χ0v) is 17.8. The van der Waals surface area contributed by atoms with Gasteiger partial charge in [0, 0.05) is 18.4 Å². The predicted octanol–water partition coefficient (Wildman–Crippen LogP) is 4.97. The van der Waals surface area contributed by atoms with Crippen molar-refractivity contribution in [2.24, 2.45) is 0 Å². The third-order valence-electron chi connectivity index (χ3n) is 4.24. The molecule has 0 radical (unpaired) electrons. The normalized spacial score (nSPS) is 21.9. The monoisotopic (exact) mass is 472 g/mol. The summed E-state index contributed by atoms with van der Waals surface area (Å²) in [5.41, 5.74) is -0.824. The number of hydrogen-bond donors (Lipinski definition) is 1. The Morgan fingerprint density at radius 3 is 2.65 bits per heavy atom. The van der Waals surface area contributed by atoms with Gasteiger partial charge in [-0.2, -0.15) is 0 Å². The number of methoxy groups -OCH3 is 1. The van der Waals surface area contributed by atoms with Crippen LogP contribution in [0.5, 0.6) is 0 Å². The summed E-state index contributed by atoms with van der Waals surface area (Å²) < 4.78 is 5.14. The predicted molar refractivity (Wildman–Crippen MR) is 113 cm³/mol. The summed E-state index contributed by atoms with van der Waals surface area (Å²) in [5, 5.41) is 10.9. The number of halogens is 1. The Bertz CT molecular complexity index is 601. The number of allylic oxidation sites excluding steroid dienone is 5. The molecule has 0 aromatic heterocycles. The van der Waals surface area contributed by atoms with Gasteiger partial charge in [-0.15, -0.1) is 0 Å². The van der Waals surface area contributed by atoms with Gasteiger partial charge < -0.3 is 9.84 Å². The van der Waals surface area contributed by atoms with Gasteiger partial charge in [0.05, 0.1) is 10.7 Å². The number of rotatable bonds is 11. The lowest BCUT2D eigenvalue weighted by Crippen LogP contribution is -2.27. The minimum absolute atomic E-state index is 0.119. The van der Waals surface area contributed by atoms with Crippen molar-refractivity contribution in [2.75, 3.05) is 7.11 Å². The van der Waals surface area contributed by atoms with E-state index in [1.165, 1.54) is 20.0 Å². The molecule has 0 saturated carbocycles. The van der Waals surface area contributed by atoms with Crippen LogP contribution in [0.2, 0.25) is 0 Å². The molecule has 1 atom stereocenters. The smallest absolute Gasteiger partial charge is 0.305 e. The van der Waals surface area contributed by atoms with Gasteiger partial charge in [-0.1, -0.05) is 50.1 Å². The van der Waals surface area contributed by atoms with Crippen molar-refractivity contribution in [1.29, 1.82) is 0 Å². The number of hydrogen-bond acceptors (Lipinski definition) is 4. The standard InChI is InChI=1S/C21H29IO4/c1-3-4-5-6-9-12-15-21(25)16-18(22)20(24)17(21)13-10-7-8-11-14-19(23)26-2/h7,9-10,12-13,16,25H,3-6,8,11,14-15H2,1-2H3/b10-7-,12-9+,17-13?/t21-/m1/s1. The van der Waals surface area contributed by atoms with E-state index in [0.717, 1.165) is 12.8 Å². The summed E-state index contributed by atoms with van der Waals surface area (Å²) >= 11 is 1.97. The second-order valence-electron chi connectivity index (χ2n) is 6.39. The zero-order chi connectivity index (χ0) is 19.4. The van der Waals surface area contributed by atoms with Crippen LogP contribution >= 0.6 is 22.6 Å². The second kappa shape index (κ2) is 12.2. The average molecular weight is 472 g/mol. The van der Waals surface area contributed by atoms with Crippen molar-refractivity contribution in [3.63, 3.8) is 0 Å². The first-order chi connectivity index (χ1) is 12.4. The van der Waals surface area contributed by atoms with Gasteiger partial charge in [0.25, 0.3) is 0 Å². The molecule has 4 nitrogen and oxygen atoms in total. The van der Waals surface area contributed by atoms with E-state index in [4.69, 9.17) is 0 Å². The first-order valence-corrected chi connectivity index (χ1v) is 10.3. The van der Waals surface area contributed by atoms with Crippen molar-refractivity contribution >= 4 is 34.3 Å². The molecule has 1 rings (SSSR count). The molecule has 1 N–H and O–H groups in total. The van der Waals surface area contributed by atoms with Gasteiger partial charge in [-0.25, -0.2) is 0 Å². The summed E-state index contributed by atoms with van der Waals surface area (Å²) in [6.45, 7) is 2.17. The van der Waals surface area contributed by atoms with Crippen molar-refractivity contribution in [1.82, 2.24) is 0 Å². The number of esters is 1. The van der Waals surface area contributed by atoms with Crippen LogP contribution in [0.25, 0.3) is 0 Å². The van der Waals surface area contributed by atoms with E-state index in [2.05, 4.69) is 17.7 Å². The molecule has 0 bridgehead atoms. The Balaban J connectivity index is 2.62. The average Bonchev–Trinajstić information content (AvgIpc) is 2.83. The Hall–Kier alpha value is -1.21. The molecule has 1 aliphatic carbocycles. The van der Waals surface area contributed by atoms with Crippen LogP contribution in [-0.2, 0) is 14.3 Å². The van der Waals surface area contributed by atoms with E-state index in [1.54, 1.807) is 18.2 Å². The summed E-state index contributed by atoms with van der Waals surface area (Å²) in [6, 6.07) is 0. The summed E-state index contributed by atoms with van der Waals surface area (Å²) in [5.74, 6) is -0.340. The molecule has 5 heteroatoms. The molecule has 0 saturated heterocycles. The highest BCUT2D eigenvalue weighted by molar-refractivity contribution is 14.1. The molecule has 0 amide bonds. The van der Waals surface area contributed by atoms with Gasteiger partial charge in [0.15, 0.2) is 5.78 Å². The molecule has 0 fully saturated rings. The van der Waals surface area contributed by atoms with Crippen molar-refractivity contribution < 1.29 is 19.4 Å². The van der Waals surface area contributed by atoms with Crippen molar-refractivity contribution in [3.8, 4) is 0 Å². The number of carbonyl (C=O) groups is 2. The summed E-state index contributed by atoms with van der Waals surface area (Å²) in [6.07, 6.45) is 17.8. The summed E-state index contributed by atoms with van der Waals surface area (Å²) in [4.78, 5) is 23.4. The number of ether oxygens (including phenoxy) is 1. The Morgan fingerprint density at radius 2 is 1.96 bits per heavy atom. The van der Waals surface area contributed by atoms with E-state index >= 15 is 0 Å². The largest absolute Gasteiger partial charge is 0.469 e. The summed E-state index contributed by atoms with van der Waals surface area (Å²) in [7, 11) is 1.38. The van der Waals surface area contributed by atoms with Crippen molar-refractivity contribution in [2.45, 2.75) is 63.9 Å². The Kier molecular flexibility index (Phi) is 10.7. The highest BCUT2D eigenvalue weighted by Gasteiger charge is 2.39. The first-order valence-electron chi connectivity index (χ1n) is 9.19. The van der Waals surface area contributed by atoms with E-state index in [-0.39, 0.29) is 11.8 Å². The molecular formula is C21H29IO4. The van der Waals surface area contributed by atoms with Gasteiger partial charge in [-0.3, -0.25) is 9.59 Å². The lowest BCUT2D eigenvalue weighted by Gasteiger charge is -2.20. The van der Waals surface area contributed by atoms with Crippen LogP contribution < -0.4 is 0 Å². The minimum Gasteiger partial charge on any atom is -0.469 e. The van der Waals surface area contributed by atoms with Crippen LogP contribution in [0.4, 0.5) is 0 Å². The quantitative estimate of drug-likeness (QED) is 0.152. The maximum absolute atomic E-state index is 12.3. The van der Waals surface area contributed by atoms with Crippen LogP contribution in [0.3, 0.4) is 0 Å². The fraction of sp³-hybridized carbons (Fsp3) is 0.524. The molecule has 0 heterocycles. The Labute approximate surface area is 170 Å². The SMILES string of the molecule is CCCCC/C=C/C[C@@]1(O)C=C(I)C(=O)C1=C/C=C\CCCC(=O)OC. The van der Waals surface area contributed by atoms with Gasteiger partial charge in [0.1, 0.15) is 5.60 Å². The molecule has 0 aromatic rings. The van der Waals surface area contributed by atoms with Gasteiger partial charge in [-0.05, 0) is 54.4 Å². The van der Waals surface area contributed by atoms with E-state index in [0.29, 0.717) is 34.8 Å². The fourth-order valence-corrected chi connectivity index (χ4v) is 3.49. The van der Waals surface area contributed by atoms with Crippen LogP contribution in [0, 0.1) is 0 Å². The molecule has 0 aromatic carbocycles. The van der Waals surface area contributed by atoms with Gasteiger partial charge in [0.2, 0.25) is 0 Å². The van der Waals surface area contributed by atoms with Crippen LogP contribution in [-0.4, -0.2) is 29.6 Å². The molecule has 26 heavy (non-hydrogen) atoms. The number of aliphatic hydroxyl groups is 1. The van der Waals surface area contributed by atoms with Crippen molar-refractivity contribution in [3.05, 3.63) is 45.6 Å². The molecule has 0 spiro atoms. The lowest BCUT2D eigenvalue weighted by molar-refractivity contribution is -0.140. The topological polar surface area (TPSA) is 63.6 Å². The highest BCUT2D eigenvalue weighted by atomic mass is 127. The molecule has 144 valence electrons. The Morgan fingerprint density at radius 1 is 1.23 bits per heavy atom. The van der Waals surface area contributed by atoms with Crippen LogP contribution in [0.15, 0.2) is 45.6 Å². The number of unbranched alkanes of at least 4 members (excludes halogenated alkanes) is 4. The molecule has 1 aliphatic rings. The molecule has 0 aliphatic heterocycles. The maximum atomic E-state index is 12.3. The highest BCUT2D eigenvalue weighted by Crippen LogP contribution is 2.36. The lowest BCUT2D eigenvalue weighted by atomic mass is 9.92. The van der Waals surface area contributed by atoms with E-state index < -0.39 is 5.60 Å². The van der Waals surface area contributed by atoms with E-state index in [1.807, 2.05) is 34.7 Å². The number of ketones is 1. The zero-order valence-electron chi connectivity index (χ0n) is 15.7. The van der Waals surface area contributed by atoms with Gasteiger partial charge >= 0.3 is 5.97 Å². The fourth-order valence-electron chi connectivity index (χ4n) is 2.69. The first kappa shape index (κ1) is 22.8. The second-order valence-corrected chi connectivity index (χ2v) is 7.56. The third-order valence-corrected chi connectivity index (χ3v) is 5.04. The van der Waals surface area contributed by atoms with E-state index in [9.17, 15) is 14.7 Å². The minimum atomic E-state index is -1.23. The number of Topliss-reactive ketones (excluding diaryl/α,β-unsaturated/α-hetero) is 1. The van der Waals surface area contributed by atoms with Crippen LogP contribution in [0.1, 0.15) is 58.3 Å². The number of carbonyl (C=O) groups excluding carboxylic acids is 2. The molecule has 0 unspecified atom stereocenters. The maximum Gasteiger partial charge on any atom is 0.305 e. The third kappa shape index (κ3) is 7.58. The molecular weight excluding hydrogens is 443 g/mol.